The van der Waals surface area contributed by atoms with E-state index in [0.29, 0.717) is 0 Å². The number of hydrogen-bond acceptors (Lipinski definition) is 10. The Labute approximate surface area is 218 Å². The molecule has 2 heterocycles. The number of nitro groups is 2. The van der Waals surface area contributed by atoms with Gasteiger partial charge in [-0.25, -0.2) is 0 Å². The SMILES string of the molecule is O=C(O)CCCC(C(=O)O)C(Oc1ccc([N+](=O)[O-])c2cccnc12)Oc1ccc([N+](=O)[O-])c2cccnc12. The van der Waals surface area contributed by atoms with Crippen LogP contribution >= 0.6 is 0 Å². The second-order valence-corrected chi connectivity index (χ2v) is 8.31. The lowest BCUT2D eigenvalue weighted by atomic mass is 10.0. The van der Waals surface area contributed by atoms with E-state index in [4.69, 9.17) is 14.6 Å². The Hall–Kier alpha value is -5.40. The van der Waals surface area contributed by atoms with E-state index in [1.54, 1.807) is 0 Å². The Morgan fingerprint density at radius 3 is 1.72 bits per heavy atom. The van der Waals surface area contributed by atoms with E-state index in [9.17, 15) is 34.9 Å². The number of ether oxygens (including phenoxy) is 2. The zero-order valence-corrected chi connectivity index (χ0v) is 20.0. The highest BCUT2D eigenvalue weighted by molar-refractivity contribution is 5.93. The van der Waals surface area contributed by atoms with E-state index in [1.807, 2.05) is 0 Å². The Balaban J connectivity index is 1.80. The second kappa shape index (κ2) is 11.3. The fourth-order valence-corrected chi connectivity index (χ4v) is 4.06. The molecule has 0 bridgehead atoms. The van der Waals surface area contributed by atoms with E-state index in [-0.39, 0.29) is 63.9 Å². The number of nitrogens with zero attached hydrogens (tertiary/aromatic N) is 4. The monoisotopic (exact) mass is 536 g/mol. The number of carbonyl (C=O) groups is 2. The third-order valence-corrected chi connectivity index (χ3v) is 5.85. The van der Waals surface area contributed by atoms with Gasteiger partial charge in [0.1, 0.15) is 17.0 Å². The lowest BCUT2D eigenvalue weighted by Crippen LogP contribution is -2.38. The summed E-state index contributed by atoms with van der Waals surface area (Å²) >= 11 is 0. The number of carboxylic acids is 2. The Kier molecular flexibility index (Phi) is 7.74. The summed E-state index contributed by atoms with van der Waals surface area (Å²) in [6.07, 6.45) is 0.667. The van der Waals surface area contributed by atoms with Gasteiger partial charge < -0.3 is 19.7 Å². The van der Waals surface area contributed by atoms with Crippen molar-refractivity contribution in [1.29, 1.82) is 0 Å². The minimum absolute atomic E-state index is 0.0198. The molecule has 0 aliphatic heterocycles. The summed E-state index contributed by atoms with van der Waals surface area (Å²) in [7, 11) is 0. The summed E-state index contributed by atoms with van der Waals surface area (Å²) in [6.45, 7) is 0. The number of fused-ring (bicyclic) bond motifs is 2. The molecule has 0 saturated heterocycles. The predicted octanol–water partition coefficient (Wildman–Crippen LogP) is 4.34. The van der Waals surface area contributed by atoms with E-state index in [2.05, 4.69) is 9.97 Å². The quantitative estimate of drug-likeness (QED) is 0.147. The van der Waals surface area contributed by atoms with Crippen LogP contribution in [0.4, 0.5) is 11.4 Å². The maximum absolute atomic E-state index is 12.3. The van der Waals surface area contributed by atoms with Crippen molar-refractivity contribution in [2.24, 2.45) is 5.92 Å². The molecule has 4 rings (SSSR count). The first kappa shape index (κ1) is 26.7. The van der Waals surface area contributed by atoms with Crippen molar-refractivity contribution in [2.45, 2.75) is 25.6 Å². The minimum Gasteiger partial charge on any atom is -0.481 e. The Morgan fingerprint density at radius 1 is 0.821 bits per heavy atom. The molecule has 2 aromatic heterocycles. The molecule has 0 spiro atoms. The number of aromatic nitrogens is 2. The largest absolute Gasteiger partial charge is 0.481 e. The summed E-state index contributed by atoms with van der Waals surface area (Å²) < 4.78 is 12.0. The van der Waals surface area contributed by atoms with Gasteiger partial charge in [-0.2, -0.15) is 0 Å². The van der Waals surface area contributed by atoms with Gasteiger partial charge in [-0.1, -0.05) is 0 Å². The van der Waals surface area contributed by atoms with Crippen molar-refractivity contribution in [2.75, 3.05) is 0 Å². The molecule has 0 amide bonds. The molecule has 4 aromatic rings. The summed E-state index contributed by atoms with van der Waals surface area (Å²) in [5, 5.41) is 42.3. The van der Waals surface area contributed by atoms with Gasteiger partial charge in [0.05, 0.1) is 20.6 Å². The molecular formula is C25H20N4O10. The molecule has 2 aromatic carbocycles. The molecular weight excluding hydrogens is 516 g/mol. The zero-order chi connectivity index (χ0) is 28.1. The lowest BCUT2D eigenvalue weighted by Gasteiger charge is -2.26. The normalized spacial score (nSPS) is 11.8. The highest BCUT2D eigenvalue weighted by atomic mass is 16.7. The number of rotatable bonds is 12. The molecule has 0 saturated carbocycles. The van der Waals surface area contributed by atoms with Crippen LogP contribution in [0, 0.1) is 26.1 Å². The molecule has 2 N–H and O–H groups in total. The average Bonchev–Trinajstić information content (AvgIpc) is 2.90. The van der Waals surface area contributed by atoms with Gasteiger partial charge >= 0.3 is 11.9 Å². The highest BCUT2D eigenvalue weighted by Crippen LogP contribution is 2.36. The lowest BCUT2D eigenvalue weighted by molar-refractivity contribution is -0.383. The fraction of sp³-hybridized carbons (Fsp3) is 0.200. The van der Waals surface area contributed by atoms with Crippen LogP contribution in [-0.4, -0.2) is 48.3 Å². The third kappa shape index (κ3) is 5.79. The number of non-ortho nitro benzene ring substituents is 2. The number of benzene rings is 2. The van der Waals surface area contributed by atoms with Crippen LogP contribution < -0.4 is 9.47 Å². The number of nitro benzene ring substituents is 2. The minimum atomic E-state index is -1.60. The number of carboxylic acid groups (broad SMARTS) is 2. The molecule has 0 fully saturated rings. The third-order valence-electron chi connectivity index (χ3n) is 5.85. The predicted molar refractivity (Wildman–Crippen MR) is 134 cm³/mol. The van der Waals surface area contributed by atoms with Crippen LogP contribution in [-0.2, 0) is 9.59 Å². The smallest absolute Gasteiger partial charge is 0.314 e. The van der Waals surface area contributed by atoms with Crippen molar-refractivity contribution in [1.82, 2.24) is 9.97 Å². The second-order valence-electron chi connectivity index (χ2n) is 8.31. The van der Waals surface area contributed by atoms with Crippen LogP contribution in [0.5, 0.6) is 11.5 Å². The van der Waals surface area contributed by atoms with E-state index < -0.39 is 34.0 Å². The van der Waals surface area contributed by atoms with Gasteiger partial charge in [-0.05, 0) is 49.2 Å². The summed E-state index contributed by atoms with van der Waals surface area (Å²) in [4.78, 5) is 53.4. The maximum atomic E-state index is 12.3. The first-order valence-electron chi connectivity index (χ1n) is 11.5. The van der Waals surface area contributed by atoms with Gasteiger partial charge in [-0.3, -0.25) is 39.8 Å². The van der Waals surface area contributed by atoms with Crippen LogP contribution in [0.1, 0.15) is 19.3 Å². The molecule has 0 aliphatic carbocycles. The van der Waals surface area contributed by atoms with Gasteiger partial charge in [-0.15, -0.1) is 0 Å². The molecule has 1 atom stereocenters. The standard InChI is InChI=1S/C25H20N4O10/c30-21(31)7-1-4-16(24(32)33)25(38-19-10-8-17(28(34)35)14-5-2-12-26-22(14)19)39-20-11-9-18(29(36)37)15-6-3-13-27-23(15)20/h2-3,5-6,8-13,16,25H,1,4,7H2,(H,30,31)(H,32,33). The van der Waals surface area contributed by atoms with Crippen LogP contribution in [0.15, 0.2) is 60.9 Å². The first-order chi connectivity index (χ1) is 18.7. The zero-order valence-electron chi connectivity index (χ0n) is 20.0. The van der Waals surface area contributed by atoms with E-state index in [0.717, 1.165) is 0 Å². The Morgan fingerprint density at radius 2 is 1.31 bits per heavy atom. The van der Waals surface area contributed by atoms with E-state index >= 15 is 0 Å². The van der Waals surface area contributed by atoms with Crippen molar-refractivity contribution < 1.29 is 39.1 Å². The van der Waals surface area contributed by atoms with Crippen molar-refractivity contribution in [3.05, 3.63) is 81.2 Å². The van der Waals surface area contributed by atoms with E-state index in [1.165, 1.54) is 60.9 Å². The molecule has 200 valence electrons. The first-order valence-corrected chi connectivity index (χ1v) is 11.5. The Bertz CT molecular complexity index is 1490. The molecule has 0 aliphatic rings. The summed E-state index contributed by atoms with van der Waals surface area (Å²) in [6, 6.07) is 10.8. The molecule has 0 radical (unpaired) electrons. The van der Waals surface area contributed by atoms with Crippen molar-refractivity contribution in [3.63, 3.8) is 0 Å². The van der Waals surface area contributed by atoms with Crippen molar-refractivity contribution >= 4 is 45.1 Å². The average molecular weight is 536 g/mol. The molecule has 14 heteroatoms. The van der Waals surface area contributed by atoms with Gasteiger partial charge in [0.2, 0.25) is 0 Å². The fourth-order valence-electron chi connectivity index (χ4n) is 4.06. The number of pyridine rings is 2. The summed E-state index contributed by atoms with van der Waals surface area (Å²) in [5.74, 6) is -3.93. The highest BCUT2D eigenvalue weighted by Gasteiger charge is 2.34. The van der Waals surface area contributed by atoms with Gasteiger partial charge in [0.25, 0.3) is 17.7 Å². The maximum Gasteiger partial charge on any atom is 0.314 e. The van der Waals surface area contributed by atoms with Gasteiger partial charge in [0.15, 0.2) is 11.5 Å². The van der Waals surface area contributed by atoms with Crippen LogP contribution in [0.25, 0.3) is 21.8 Å². The number of aliphatic carboxylic acids is 2. The van der Waals surface area contributed by atoms with Crippen molar-refractivity contribution in [3.8, 4) is 11.5 Å². The molecule has 39 heavy (non-hydrogen) atoms. The molecule has 14 nitrogen and oxygen atoms in total. The van der Waals surface area contributed by atoms with Crippen LogP contribution in [0.2, 0.25) is 0 Å². The van der Waals surface area contributed by atoms with Crippen LogP contribution in [0.3, 0.4) is 0 Å². The number of hydrogen-bond donors (Lipinski definition) is 2. The molecule has 1 unspecified atom stereocenters. The van der Waals surface area contributed by atoms with Gasteiger partial charge in [0, 0.05) is 30.9 Å². The topological polar surface area (TPSA) is 205 Å². The summed E-state index contributed by atoms with van der Waals surface area (Å²) in [5.41, 5.74) is -0.349.